The van der Waals surface area contributed by atoms with Crippen LogP contribution < -0.4 is 10.1 Å². The molecule has 1 aromatic rings. The molecule has 0 unspecified atom stereocenters. The fourth-order valence-corrected chi connectivity index (χ4v) is 2.61. The normalized spacial score (nSPS) is 15.3. The van der Waals surface area contributed by atoms with Crippen LogP contribution in [0, 0.1) is 22.7 Å². The van der Waals surface area contributed by atoms with Crippen LogP contribution >= 0.6 is 0 Å². The summed E-state index contributed by atoms with van der Waals surface area (Å²) in [7, 11) is 0. The van der Waals surface area contributed by atoms with E-state index in [1.807, 2.05) is 45.0 Å². The highest BCUT2D eigenvalue weighted by Gasteiger charge is 2.31. The van der Waals surface area contributed by atoms with Gasteiger partial charge >= 0.3 is 0 Å². The number of benzene rings is 1. The van der Waals surface area contributed by atoms with Gasteiger partial charge in [-0.15, -0.1) is 0 Å². The van der Waals surface area contributed by atoms with Crippen LogP contribution in [0.5, 0.6) is 5.75 Å². The van der Waals surface area contributed by atoms with Crippen molar-refractivity contribution in [2.75, 3.05) is 6.61 Å². The Morgan fingerprint density at radius 3 is 2.19 bits per heavy atom. The standard InChI is InChI=1S/C17H17N3O/c1-4-21-16-8-6-5-7-13(16)17-14(9-18)11(2)20-12(3)15(17)10-19/h5-8,17,20H,4H2,1-3H3. The van der Waals surface area contributed by atoms with Crippen molar-refractivity contribution in [3.05, 3.63) is 52.4 Å². The molecule has 0 atom stereocenters. The zero-order chi connectivity index (χ0) is 15.4. The summed E-state index contributed by atoms with van der Waals surface area (Å²) in [4.78, 5) is 0. The zero-order valence-electron chi connectivity index (χ0n) is 12.4. The Hall–Kier alpha value is -2.72. The molecule has 0 bridgehead atoms. The summed E-state index contributed by atoms with van der Waals surface area (Å²) in [5.41, 5.74) is 3.54. The van der Waals surface area contributed by atoms with Gasteiger partial charge in [0.25, 0.3) is 0 Å². The van der Waals surface area contributed by atoms with Gasteiger partial charge in [0, 0.05) is 17.0 Å². The smallest absolute Gasteiger partial charge is 0.123 e. The van der Waals surface area contributed by atoms with Crippen molar-refractivity contribution >= 4 is 0 Å². The van der Waals surface area contributed by atoms with Crippen LogP contribution in [-0.4, -0.2) is 6.61 Å². The molecule has 2 rings (SSSR count). The molecule has 0 saturated heterocycles. The van der Waals surface area contributed by atoms with Crippen molar-refractivity contribution in [1.29, 1.82) is 10.5 Å². The molecule has 0 fully saturated rings. The SMILES string of the molecule is CCOc1ccccc1C1C(C#N)=C(C)NC(C)=C1C#N. The monoisotopic (exact) mass is 279 g/mol. The van der Waals surface area contributed by atoms with Crippen LogP contribution in [0.25, 0.3) is 0 Å². The van der Waals surface area contributed by atoms with Crippen molar-refractivity contribution in [1.82, 2.24) is 5.32 Å². The molecular formula is C17H17N3O. The summed E-state index contributed by atoms with van der Waals surface area (Å²) < 4.78 is 5.66. The summed E-state index contributed by atoms with van der Waals surface area (Å²) in [6, 6.07) is 12.0. The number of nitrogens with zero attached hydrogens (tertiary/aromatic N) is 2. The number of nitrogens with one attached hydrogen (secondary N) is 1. The summed E-state index contributed by atoms with van der Waals surface area (Å²) in [6.07, 6.45) is 0. The molecule has 106 valence electrons. The van der Waals surface area contributed by atoms with Crippen molar-refractivity contribution in [2.24, 2.45) is 0 Å². The predicted octanol–water partition coefficient (Wildman–Crippen LogP) is 3.37. The van der Waals surface area contributed by atoms with E-state index in [4.69, 9.17) is 4.74 Å². The lowest BCUT2D eigenvalue weighted by Gasteiger charge is -2.27. The second-order valence-corrected chi connectivity index (χ2v) is 4.83. The largest absolute Gasteiger partial charge is 0.494 e. The van der Waals surface area contributed by atoms with Crippen LogP contribution in [0.1, 0.15) is 32.3 Å². The third-order valence-electron chi connectivity index (χ3n) is 3.53. The molecule has 0 aliphatic carbocycles. The summed E-state index contributed by atoms with van der Waals surface area (Å²) in [6.45, 7) is 6.16. The Kier molecular flexibility index (Phi) is 4.30. The third kappa shape index (κ3) is 2.61. The molecule has 21 heavy (non-hydrogen) atoms. The lowest BCUT2D eigenvalue weighted by atomic mass is 9.81. The van der Waals surface area contributed by atoms with E-state index in [-0.39, 0.29) is 5.92 Å². The number of rotatable bonds is 3. The highest BCUT2D eigenvalue weighted by molar-refractivity contribution is 5.58. The van der Waals surface area contributed by atoms with E-state index in [0.29, 0.717) is 23.5 Å². The zero-order valence-corrected chi connectivity index (χ0v) is 12.4. The average Bonchev–Trinajstić information content (AvgIpc) is 2.47. The minimum atomic E-state index is -0.371. The van der Waals surface area contributed by atoms with Gasteiger partial charge in [-0.1, -0.05) is 18.2 Å². The van der Waals surface area contributed by atoms with Gasteiger partial charge in [0.2, 0.25) is 0 Å². The van der Waals surface area contributed by atoms with E-state index in [1.165, 1.54) is 0 Å². The van der Waals surface area contributed by atoms with Crippen molar-refractivity contribution in [3.63, 3.8) is 0 Å². The summed E-state index contributed by atoms with van der Waals surface area (Å²) in [5, 5.41) is 22.1. The molecule has 0 aromatic heterocycles. The van der Waals surface area contributed by atoms with E-state index >= 15 is 0 Å². The second kappa shape index (κ2) is 6.15. The number of allylic oxidation sites excluding steroid dienone is 4. The molecule has 4 nitrogen and oxygen atoms in total. The Balaban J connectivity index is 2.66. The van der Waals surface area contributed by atoms with Gasteiger partial charge in [-0.2, -0.15) is 10.5 Å². The minimum Gasteiger partial charge on any atom is -0.494 e. The maximum atomic E-state index is 9.49. The first kappa shape index (κ1) is 14.7. The van der Waals surface area contributed by atoms with Gasteiger partial charge in [-0.3, -0.25) is 0 Å². The lowest BCUT2D eigenvalue weighted by Crippen LogP contribution is -2.23. The average molecular weight is 279 g/mol. The van der Waals surface area contributed by atoms with Gasteiger partial charge in [-0.05, 0) is 26.8 Å². The second-order valence-electron chi connectivity index (χ2n) is 4.83. The predicted molar refractivity (Wildman–Crippen MR) is 80.1 cm³/mol. The van der Waals surface area contributed by atoms with E-state index in [2.05, 4.69) is 17.5 Å². The maximum Gasteiger partial charge on any atom is 0.123 e. The van der Waals surface area contributed by atoms with Gasteiger partial charge in [0.05, 0.1) is 35.8 Å². The Labute approximate surface area is 125 Å². The molecule has 4 heteroatoms. The first-order valence-corrected chi connectivity index (χ1v) is 6.84. The van der Waals surface area contributed by atoms with E-state index in [0.717, 1.165) is 17.0 Å². The Morgan fingerprint density at radius 2 is 1.67 bits per heavy atom. The third-order valence-corrected chi connectivity index (χ3v) is 3.53. The number of ether oxygens (including phenoxy) is 1. The quantitative estimate of drug-likeness (QED) is 0.921. The van der Waals surface area contributed by atoms with Crippen LogP contribution in [-0.2, 0) is 0 Å². The molecule has 0 saturated carbocycles. The van der Waals surface area contributed by atoms with Crippen LogP contribution in [0.2, 0.25) is 0 Å². The molecule has 0 amide bonds. The van der Waals surface area contributed by atoms with Crippen molar-refractivity contribution < 1.29 is 4.74 Å². The number of dihydropyridines is 1. The molecule has 0 radical (unpaired) electrons. The minimum absolute atomic E-state index is 0.371. The van der Waals surface area contributed by atoms with E-state index < -0.39 is 0 Å². The molecule has 1 N–H and O–H groups in total. The number of para-hydroxylation sites is 1. The Morgan fingerprint density at radius 1 is 1.10 bits per heavy atom. The molecule has 1 aromatic carbocycles. The number of hydrogen-bond donors (Lipinski definition) is 1. The van der Waals surface area contributed by atoms with Crippen LogP contribution in [0.3, 0.4) is 0 Å². The summed E-state index contributed by atoms with van der Waals surface area (Å²) >= 11 is 0. The Bertz CT molecular complexity index is 665. The van der Waals surface area contributed by atoms with Crippen molar-refractivity contribution in [3.8, 4) is 17.9 Å². The summed E-state index contributed by atoms with van der Waals surface area (Å²) in [5.74, 6) is 0.344. The van der Waals surface area contributed by atoms with E-state index in [1.54, 1.807) is 0 Å². The van der Waals surface area contributed by atoms with Crippen molar-refractivity contribution in [2.45, 2.75) is 26.7 Å². The maximum absolute atomic E-state index is 9.49. The molecule has 1 heterocycles. The van der Waals surface area contributed by atoms with E-state index in [9.17, 15) is 10.5 Å². The molecule has 0 spiro atoms. The van der Waals surface area contributed by atoms with Gasteiger partial charge in [0.1, 0.15) is 5.75 Å². The first-order chi connectivity index (χ1) is 10.1. The fraction of sp³-hybridized carbons (Fsp3) is 0.294. The van der Waals surface area contributed by atoms with Gasteiger partial charge in [-0.25, -0.2) is 0 Å². The molecule has 1 aliphatic rings. The van der Waals surface area contributed by atoms with Crippen LogP contribution in [0.15, 0.2) is 46.8 Å². The first-order valence-electron chi connectivity index (χ1n) is 6.84. The highest BCUT2D eigenvalue weighted by Crippen LogP contribution is 2.40. The number of hydrogen-bond acceptors (Lipinski definition) is 4. The fourth-order valence-electron chi connectivity index (χ4n) is 2.61. The highest BCUT2D eigenvalue weighted by atomic mass is 16.5. The molecular weight excluding hydrogens is 262 g/mol. The molecule has 1 aliphatic heterocycles. The topological polar surface area (TPSA) is 68.8 Å². The van der Waals surface area contributed by atoms with Gasteiger partial charge in [0.15, 0.2) is 0 Å². The lowest BCUT2D eigenvalue weighted by molar-refractivity contribution is 0.336. The van der Waals surface area contributed by atoms with Gasteiger partial charge < -0.3 is 10.1 Å². The van der Waals surface area contributed by atoms with Crippen LogP contribution in [0.4, 0.5) is 0 Å². The number of nitriles is 2.